The van der Waals surface area contributed by atoms with Gasteiger partial charge in [0.2, 0.25) is 5.91 Å². The van der Waals surface area contributed by atoms with Crippen LogP contribution in [0.15, 0.2) is 115 Å². The van der Waals surface area contributed by atoms with Crippen molar-refractivity contribution >= 4 is 29.2 Å². The fourth-order valence-electron chi connectivity index (χ4n) is 6.72. The van der Waals surface area contributed by atoms with Gasteiger partial charge in [-0.15, -0.1) is 0 Å². The third-order valence-electron chi connectivity index (χ3n) is 8.24. The Bertz CT molecular complexity index is 1630. The fourth-order valence-corrected chi connectivity index (χ4v) is 6.72. The average Bonchev–Trinajstić information content (AvgIpc) is 3.45. The van der Waals surface area contributed by atoms with E-state index in [1.165, 1.54) is 0 Å². The lowest BCUT2D eigenvalue weighted by atomic mass is 9.62. The van der Waals surface area contributed by atoms with Gasteiger partial charge in [0.15, 0.2) is 11.6 Å². The van der Waals surface area contributed by atoms with E-state index in [2.05, 4.69) is 5.32 Å². The van der Waals surface area contributed by atoms with Crippen molar-refractivity contribution in [1.82, 2.24) is 4.90 Å². The Kier molecular flexibility index (Phi) is 4.95. The molecule has 3 aliphatic rings. The van der Waals surface area contributed by atoms with Crippen molar-refractivity contribution in [3.05, 3.63) is 143 Å². The molecule has 1 N–H and O–H groups in total. The smallest absolute Gasteiger partial charge is 0.238 e. The van der Waals surface area contributed by atoms with E-state index in [0.717, 1.165) is 16.7 Å². The van der Waals surface area contributed by atoms with Crippen molar-refractivity contribution < 1.29 is 14.4 Å². The highest BCUT2D eigenvalue weighted by molar-refractivity contribution is 6.16. The van der Waals surface area contributed by atoms with Crippen LogP contribution in [-0.2, 0) is 10.2 Å². The predicted molar refractivity (Wildman–Crippen MR) is 146 cm³/mol. The van der Waals surface area contributed by atoms with Gasteiger partial charge in [0.1, 0.15) is 11.5 Å². The quantitative estimate of drug-likeness (QED) is 0.370. The second-order valence-electron chi connectivity index (χ2n) is 10.0. The van der Waals surface area contributed by atoms with Crippen LogP contribution in [0, 0.1) is 5.92 Å². The van der Waals surface area contributed by atoms with Crippen molar-refractivity contribution in [1.29, 1.82) is 0 Å². The minimum atomic E-state index is -1.31. The van der Waals surface area contributed by atoms with Gasteiger partial charge in [0, 0.05) is 23.0 Å². The Morgan fingerprint density at radius 2 is 1.32 bits per heavy atom. The second kappa shape index (κ2) is 8.38. The monoisotopic (exact) mass is 496 g/mol. The van der Waals surface area contributed by atoms with Crippen molar-refractivity contribution in [3.63, 3.8) is 0 Å². The zero-order valence-electron chi connectivity index (χ0n) is 20.5. The molecule has 0 bridgehead atoms. The van der Waals surface area contributed by atoms with Gasteiger partial charge in [0.25, 0.3) is 0 Å². The summed E-state index contributed by atoms with van der Waals surface area (Å²) < 4.78 is 0. The van der Waals surface area contributed by atoms with Crippen LogP contribution in [0.3, 0.4) is 0 Å². The second-order valence-corrected chi connectivity index (χ2v) is 10.0. The zero-order chi connectivity index (χ0) is 25.9. The van der Waals surface area contributed by atoms with E-state index in [4.69, 9.17) is 0 Å². The third kappa shape index (κ3) is 2.96. The van der Waals surface area contributed by atoms with Gasteiger partial charge in [0.05, 0.1) is 12.0 Å². The molecule has 0 aromatic heterocycles. The molecule has 4 atom stereocenters. The normalized spacial score (nSPS) is 24.5. The van der Waals surface area contributed by atoms with Gasteiger partial charge in [-0.3, -0.25) is 14.4 Å². The molecule has 4 aromatic rings. The number of rotatable bonds is 4. The first-order valence-electron chi connectivity index (χ1n) is 12.8. The summed E-state index contributed by atoms with van der Waals surface area (Å²) in [7, 11) is 0. The molecule has 0 unspecified atom stereocenters. The Hall–Kier alpha value is -4.77. The number of fused-ring (bicyclic) bond motifs is 6. The Morgan fingerprint density at radius 1 is 0.711 bits per heavy atom. The van der Waals surface area contributed by atoms with E-state index in [1.54, 1.807) is 24.3 Å². The highest BCUT2D eigenvalue weighted by Crippen LogP contribution is 2.62. The highest BCUT2D eigenvalue weighted by Gasteiger charge is 2.70. The molecule has 5 nitrogen and oxygen atoms in total. The molecule has 0 aliphatic carbocycles. The summed E-state index contributed by atoms with van der Waals surface area (Å²) in [6.07, 6.45) is 3.87. The lowest BCUT2D eigenvalue weighted by Gasteiger charge is -2.38. The topological polar surface area (TPSA) is 66.5 Å². The first kappa shape index (κ1) is 22.4. The third-order valence-corrected chi connectivity index (χ3v) is 8.24. The van der Waals surface area contributed by atoms with E-state index >= 15 is 0 Å². The minimum absolute atomic E-state index is 0.178. The van der Waals surface area contributed by atoms with Gasteiger partial charge in [-0.05, 0) is 28.8 Å². The number of hydrogen-bond acceptors (Lipinski definition) is 4. The Labute approximate surface area is 220 Å². The van der Waals surface area contributed by atoms with E-state index in [9.17, 15) is 14.4 Å². The maximum absolute atomic E-state index is 14.6. The highest BCUT2D eigenvalue weighted by atomic mass is 16.2. The van der Waals surface area contributed by atoms with Gasteiger partial charge < -0.3 is 10.2 Å². The molecular formula is C33H24N2O3. The van der Waals surface area contributed by atoms with Gasteiger partial charge >= 0.3 is 0 Å². The molecule has 38 heavy (non-hydrogen) atoms. The fraction of sp³-hybridized carbons (Fsp3) is 0.121. The minimum Gasteiger partial charge on any atom is -0.358 e. The number of benzene rings is 4. The summed E-state index contributed by atoms with van der Waals surface area (Å²) in [5.41, 5.74) is 3.03. The Balaban J connectivity index is 1.55. The number of nitrogens with zero attached hydrogens (tertiary/aromatic N) is 1. The summed E-state index contributed by atoms with van der Waals surface area (Å²) in [4.78, 5) is 45.2. The van der Waals surface area contributed by atoms with E-state index in [0.29, 0.717) is 16.8 Å². The SMILES string of the molecule is O=C(c1ccccc1)[C@@H]1[C@@H](C(=O)c2ccccc2)[C@@]2(C(=O)Nc3ccccc32)[C@H]2c3ccccc3C=CN12. The summed E-state index contributed by atoms with van der Waals surface area (Å²) in [6.45, 7) is 0. The summed E-state index contributed by atoms with van der Waals surface area (Å²) in [6, 6.07) is 32.1. The van der Waals surface area contributed by atoms with Gasteiger partial charge in [-0.1, -0.05) is 103 Å². The van der Waals surface area contributed by atoms with Crippen LogP contribution in [-0.4, -0.2) is 28.4 Å². The van der Waals surface area contributed by atoms with Crippen LogP contribution in [0.2, 0.25) is 0 Å². The molecule has 3 aliphatic heterocycles. The van der Waals surface area contributed by atoms with E-state index in [1.807, 2.05) is 102 Å². The number of para-hydroxylation sites is 1. The zero-order valence-corrected chi connectivity index (χ0v) is 20.5. The molecule has 0 saturated carbocycles. The lowest BCUT2D eigenvalue weighted by molar-refractivity contribution is -0.122. The van der Waals surface area contributed by atoms with Crippen molar-refractivity contribution in [2.24, 2.45) is 5.92 Å². The number of Topliss-reactive ketones (excluding diaryl/α,β-unsaturated/α-hetero) is 2. The molecule has 0 radical (unpaired) electrons. The van der Waals surface area contributed by atoms with Crippen LogP contribution >= 0.6 is 0 Å². The molecule has 1 saturated heterocycles. The maximum atomic E-state index is 14.6. The molecule has 4 aromatic carbocycles. The van der Waals surface area contributed by atoms with E-state index < -0.39 is 23.4 Å². The van der Waals surface area contributed by atoms with Crippen molar-refractivity contribution in [2.75, 3.05) is 5.32 Å². The molecule has 1 amide bonds. The van der Waals surface area contributed by atoms with Crippen molar-refractivity contribution in [3.8, 4) is 0 Å². The molecule has 7 rings (SSSR count). The summed E-state index contributed by atoms with van der Waals surface area (Å²) in [5, 5.41) is 3.08. The largest absolute Gasteiger partial charge is 0.358 e. The lowest BCUT2D eigenvalue weighted by Crippen LogP contribution is -2.49. The first-order chi connectivity index (χ1) is 18.6. The number of carbonyl (C=O) groups is 3. The maximum Gasteiger partial charge on any atom is 0.238 e. The molecule has 5 heteroatoms. The molecule has 1 spiro atoms. The standard InChI is InChI=1S/C33H24N2O3/c36-29(22-12-3-1-4-13-22)27-28(30(37)23-14-5-2-6-15-23)35-20-19-21-11-7-8-16-24(21)31(35)33(27)25-17-9-10-18-26(25)34-32(33)38/h1-20,27-28,31H,(H,34,38)/t27-,28-,31+,33+/m0/s1. The van der Waals surface area contributed by atoms with Crippen LogP contribution in [0.1, 0.15) is 43.4 Å². The molecule has 184 valence electrons. The van der Waals surface area contributed by atoms with E-state index in [-0.39, 0.29) is 17.5 Å². The number of hydrogen-bond donors (Lipinski definition) is 1. The van der Waals surface area contributed by atoms with Gasteiger partial charge in [-0.2, -0.15) is 0 Å². The van der Waals surface area contributed by atoms with Crippen LogP contribution in [0.5, 0.6) is 0 Å². The molecule has 3 heterocycles. The van der Waals surface area contributed by atoms with Crippen molar-refractivity contribution in [2.45, 2.75) is 17.5 Å². The number of carbonyl (C=O) groups excluding carboxylic acids is 3. The van der Waals surface area contributed by atoms with Gasteiger partial charge in [-0.25, -0.2) is 0 Å². The summed E-state index contributed by atoms with van der Waals surface area (Å²) >= 11 is 0. The van der Waals surface area contributed by atoms with Crippen LogP contribution in [0.4, 0.5) is 5.69 Å². The number of nitrogens with one attached hydrogen (secondary N) is 1. The number of anilines is 1. The van der Waals surface area contributed by atoms with Crippen LogP contribution < -0.4 is 5.32 Å². The number of amides is 1. The summed E-state index contributed by atoms with van der Waals surface area (Å²) in [5.74, 6) is -1.60. The predicted octanol–water partition coefficient (Wildman–Crippen LogP) is 5.67. The average molecular weight is 497 g/mol. The first-order valence-corrected chi connectivity index (χ1v) is 12.8. The molecular weight excluding hydrogens is 472 g/mol. The molecule has 1 fully saturated rings. The van der Waals surface area contributed by atoms with Crippen LogP contribution in [0.25, 0.3) is 6.08 Å². The number of ketones is 2. The Morgan fingerprint density at radius 3 is 2.05 bits per heavy atom.